The van der Waals surface area contributed by atoms with Gasteiger partial charge in [0.2, 0.25) is 0 Å². The Hall–Kier alpha value is -2.51. The minimum atomic E-state index is -1.45. The Balaban J connectivity index is 1.80. The number of methoxy groups -OCH3 is 2. The Kier molecular flexibility index (Phi) is 4.36. The number of hydrogen-bond acceptors (Lipinski definition) is 7. The van der Waals surface area contributed by atoms with Crippen LogP contribution in [0, 0.1) is 0 Å². The van der Waals surface area contributed by atoms with Gasteiger partial charge >= 0.3 is 5.63 Å². The molecule has 7 heteroatoms. The van der Waals surface area contributed by atoms with Crippen molar-refractivity contribution in [3.63, 3.8) is 0 Å². The van der Waals surface area contributed by atoms with Gasteiger partial charge in [0.25, 0.3) is 0 Å². The van der Waals surface area contributed by atoms with Crippen LogP contribution >= 0.6 is 0 Å². The van der Waals surface area contributed by atoms with Crippen molar-refractivity contribution in [3.8, 4) is 28.6 Å². The first-order valence-electron chi connectivity index (χ1n) is 8.95. The monoisotopic (exact) mass is 374 g/mol. The normalized spacial score (nSPS) is 26.5. The minimum Gasteiger partial charge on any atom is -0.493 e. The summed E-state index contributed by atoms with van der Waals surface area (Å²) < 4.78 is 21.9. The lowest BCUT2D eigenvalue weighted by Crippen LogP contribution is -2.56. The Bertz CT molecular complexity index is 919. The number of ether oxygens (including phenoxy) is 3. The highest BCUT2D eigenvalue weighted by Crippen LogP contribution is 2.47. The van der Waals surface area contributed by atoms with E-state index in [0.717, 1.165) is 12.8 Å². The van der Waals surface area contributed by atoms with Crippen LogP contribution in [0.5, 0.6) is 17.2 Å². The van der Waals surface area contributed by atoms with Gasteiger partial charge in [-0.2, -0.15) is 0 Å². The molecule has 27 heavy (non-hydrogen) atoms. The first-order chi connectivity index (χ1) is 13.0. The molecule has 1 fully saturated rings. The number of benzene rings is 1. The summed E-state index contributed by atoms with van der Waals surface area (Å²) in [5.41, 5.74) is -1.60. The van der Waals surface area contributed by atoms with Crippen molar-refractivity contribution in [1.82, 2.24) is 0 Å². The molecule has 0 spiro atoms. The number of fused-ring (bicyclic) bond motifs is 2. The first kappa shape index (κ1) is 17.9. The maximum atomic E-state index is 12.6. The fraction of sp³-hybridized carbons (Fsp3) is 0.450. The summed E-state index contributed by atoms with van der Waals surface area (Å²) in [5.74, 6) is 1.59. The first-order valence-corrected chi connectivity index (χ1v) is 8.95. The molecule has 1 aromatic heterocycles. The molecule has 1 aromatic carbocycles. The summed E-state index contributed by atoms with van der Waals surface area (Å²) in [4.78, 5) is 12.6. The van der Waals surface area contributed by atoms with Gasteiger partial charge < -0.3 is 28.8 Å². The van der Waals surface area contributed by atoms with Crippen molar-refractivity contribution in [2.45, 2.75) is 43.5 Å². The van der Waals surface area contributed by atoms with E-state index in [-0.39, 0.29) is 17.1 Å². The van der Waals surface area contributed by atoms with E-state index in [1.807, 2.05) is 0 Å². The van der Waals surface area contributed by atoms with Gasteiger partial charge in [0.1, 0.15) is 34.9 Å². The summed E-state index contributed by atoms with van der Waals surface area (Å²) in [5, 5.41) is 21.5. The standard InChI is InChI=1S/C20H22O7/c1-24-12-7-6-11(9-14(12)25-2)13-10-15-17(19(22)27-13)18(21)20(23)8-4-3-5-16(20)26-15/h6-7,9-10,16,18,21,23H,3-5,8H2,1-2H3/t16-,18+,20-/m0/s1. The Morgan fingerprint density at radius 2 is 1.93 bits per heavy atom. The largest absolute Gasteiger partial charge is 0.493 e. The summed E-state index contributed by atoms with van der Waals surface area (Å²) in [7, 11) is 3.06. The third kappa shape index (κ3) is 2.78. The lowest BCUT2D eigenvalue weighted by Gasteiger charge is -2.46. The summed E-state index contributed by atoms with van der Waals surface area (Å²) in [6, 6.07) is 6.72. The van der Waals surface area contributed by atoms with Crippen molar-refractivity contribution in [1.29, 1.82) is 0 Å². The van der Waals surface area contributed by atoms with E-state index in [1.54, 1.807) is 24.3 Å². The molecule has 2 N–H and O–H groups in total. The quantitative estimate of drug-likeness (QED) is 0.851. The molecule has 7 nitrogen and oxygen atoms in total. The van der Waals surface area contributed by atoms with Crippen molar-refractivity contribution in [2.75, 3.05) is 14.2 Å². The second kappa shape index (κ2) is 6.58. The van der Waals surface area contributed by atoms with E-state index in [2.05, 4.69) is 0 Å². The molecule has 0 radical (unpaired) electrons. The molecule has 0 bridgehead atoms. The van der Waals surface area contributed by atoms with Gasteiger partial charge in [-0.1, -0.05) is 6.42 Å². The average Bonchev–Trinajstić information content (AvgIpc) is 2.68. The van der Waals surface area contributed by atoms with Crippen molar-refractivity contribution >= 4 is 0 Å². The summed E-state index contributed by atoms with van der Waals surface area (Å²) in [6.45, 7) is 0. The molecular formula is C20H22O7. The van der Waals surface area contributed by atoms with E-state index in [9.17, 15) is 15.0 Å². The van der Waals surface area contributed by atoms with Gasteiger partial charge in [0.15, 0.2) is 11.5 Å². The molecular weight excluding hydrogens is 352 g/mol. The van der Waals surface area contributed by atoms with Gasteiger partial charge in [0, 0.05) is 11.6 Å². The maximum Gasteiger partial charge on any atom is 0.346 e. The molecule has 2 aromatic rings. The molecule has 0 amide bonds. The number of hydrogen-bond donors (Lipinski definition) is 2. The highest BCUT2D eigenvalue weighted by molar-refractivity contribution is 5.64. The van der Waals surface area contributed by atoms with E-state index in [1.165, 1.54) is 14.2 Å². The molecule has 2 heterocycles. The highest BCUT2D eigenvalue weighted by Gasteiger charge is 2.52. The van der Waals surface area contributed by atoms with E-state index >= 15 is 0 Å². The molecule has 0 unspecified atom stereocenters. The number of aliphatic hydroxyl groups excluding tert-OH is 1. The Morgan fingerprint density at radius 3 is 2.67 bits per heavy atom. The molecule has 1 saturated carbocycles. The van der Waals surface area contributed by atoms with Crippen LogP contribution in [-0.4, -0.2) is 36.1 Å². The lowest BCUT2D eigenvalue weighted by atomic mass is 9.74. The summed E-state index contributed by atoms with van der Waals surface area (Å²) >= 11 is 0. The van der Waals surface area contributed by atoms with Gasteiger partial charge in [-0.05, 0) is 37.5 Å². The molecule has 144 valence electrons. The zero-order valence-electron chi connectivity index (χ0n) is 15.2. The fourth-order valence-electron chi connectivity index (χ4n) is 3.98. The van der Waals surface area contributed by atoms with Gasteiger partial charge in [-0.3, -0.25) is 0 Å². The van der Waals surface area contributed by atoms with Gasteiger partial charge in [0.05, 0.1) is 14.2 Å². The van der Waals surface area contributed by atoms with Gasteiger partial charge in [-0.25, -0.2) is 4.79 Å². The van der Waals surface area contributed by atoms with Crippen LogP contribution < -0.4 is 19.8 Å². The smallest absolute Gasteiger partial charge is 0.346 e. The topological polar surface area (TPSA) is 98.4 Å². The third-order valence-electron chi connectivity index (χ3n) is 5.49. The highest BCUT2D eigenvalue weighted by atomic mass is 16.5. The minimum absolute atomic E-state index is 0.0279. The SMILES string of the molecule is COc1ccc(-c2cc3c(c(=O)o2)[C@@H](O)[C@]2(O)CCCC[C@@H]2O3)cc1OC. The lowest BCUT2D eigenvalue weighted by molar-refractivity contribution is -0.172. The molecule has 1 aliphatic carbocycles. The van der Waals surface area contributed by atoms with E-state index < -0.39 is 23.4 Å². The molecule has 3 atom stereocenters. The molecule has 1 aliphatic heterocycles. The van der Waals surface area contributed by atoms with Crippen molar-refractivity contribution in [2.24, 2.45) is 0 Å². The van der Waals surface area contributed by atoms with Crippen molar-refractivity contribution < 1.29 is 28.8 Å². The number of aliphatic hydroxyl groups is 2. The Labute approximate surface area is 156 Å². The van der Waals surface area contributed by atoms with Gasteiger partial charge in [-0.15, -0.1) is 0 Å². The molecule has 4 rings (SSSR count). The predicted molar refractivity (Wildman–Crippen MR) is 96.3 cm³/mol. The summed E-state index contributed by atoms with van der Waals surface area (Å²) in [6.07, 6.45) is 0.807. The zero-order valence-corrected chi connectivity index (χ0v) is 15.2. The molecule has 0 saturated heterocycles. The van der Waals surface area contributed by atoms with Crippen LogP contribution in [-0.2, 0) is 0 Å². The van der Waals surface area contributed by atoms with E-state index in [0.29, 0.717) is 29.9 Å². The second-order valence-electron chi connectivity index (χ2n) is 6.99. The van der Waals surface area contributed by atoms with Crippen molar-refractivity contribution in [3.05, 3.63) is 40.2 Å². The second-order valence-corrected chi connectivity index (χ2v) is 6.99. The van der Waals surface area contributed by atoms with E-state index in [4.69, 9.17) is 18.6 Å². The van der Waals surface area contributed by atoms with Crippen LogP contribution in [0.1, 0.15) is 37.4 Å². The third-order valence-corrected chi connectivity index (χ3v) is 5.49. The van der Waals surface area contributed by atoms with Crippen LogP contribution in [0.2, 0.25) is 0 Å². The van der Waals surface area contributed by atoms with Crippen LogP contribution in [0.4, 0.5) is 0 Å². The molecule has 2 aliphatic rings. The fourth-order valence-corrected chi connectivity index (χ4v) is 3.98. The van der Waals surface area contributed by atoms with Crippen LogP contribution in [0.25, 0.3) is 11.3 Å². The zero-order chi connectivity index (χ0) is 19.2. The van der Waals surface area contributed by atoms with Crippen LogP contribution in [0.3, 0.4) is 0 Å². The van der Waals surface area contributed by atoms with Crippen LogP contribution in [0.15, 0.2) is 33.5 Å². The number of rotatable bonds is 3. The predicted octanol–water partition coefficient (Wildman–Crippen LogP) is 2.42. The maximum absolute atomic E-state index is 12.6. The average molecular weight is 374 g/mol. The Morgan fingerprint density at radius 1 is 1.15 bits per heavy atom.